The fourth-order valence-corrected chi connectivity index (χ4v) is 4.11. The first-order chi connectivity index (χ1) is 16.7. The van der Waals surface area contributed by atoms with E-state index in [4.69, 9.17) is 11.6 Å². The smallest absolute Gasteiger partial charge is 0.295 e. The fraction of sp³-hybridized carbons (Fsp3) is 0.154. The molecular formula is C26H19ClF4N2O2. The maximum absolute atomic E-state index is 14.5. The van der Waals surface area contributed by atoms with E-state index in [0.29, 0.717) is 12.0 Å². The minimum Gasteiger partial charge on any atom is -0.295 e. The number of hydrogen-bond donors (Lipinski definition) is 0. The highest BCUT2D eigenvalue weighted by molar-refractivity contribution is 6.33. The van der Waals surface area contributed by atoms with Gasteiger partial charge >= 0.3 is 11.9 Å². The summed E-state index contributed by atoms with van der Waals surface area (Å²) in [5.41, 5.74) is -2.18. The van der Waals surface area contributed by atoms with E-state index in [1.165, 1.54) is 0 Å². The summed E-state index contributed by atoms with van der Waals surface area (Å²) < 4.78 is 57.1. The Kier molecular flexibility index (Phi) is 6.93. The molecule has 4 rings (SSSR count). The predicted molar refractivity (Wildman–Crippen MR) is 126 cm³/mol. The van der Waals surface area contributed by atoms with Crippen molar-refractivity contribution in [2.24, 2.45) is 0 Å². The van der Waals surface area contributed by atoms with Crippen LogP contribution < -0.4 is 11.2 Å². The molecule has 9 heteroatoms. The second-order valence-corrected chi connectivity index (χ2v) is 8.30. The van der Waals surface area contributed by atoms with Crippen LogP contribution in [0.1, 0.15) is 16.7 Å². The SMILES string of the molecule is O=c1c(-c2ccccc2Cl)cn(Cc2c(F)cccc2C(F)(F)F)c(=O)n1CCc1ccccc1. The van der Waals surface area contributed by atoms with Gasteiger partial charge in [-0.05, 0) is 30.2 Å². The van der Waals surface area contributed by atoms with Gasteiger partial charge in [-0.15, -0.1) is 0 Å². The number of halogens is 5. The second-order valence-electron chi connectivity index (χ2n) is 7.89. The summed E-state index contributed by atoms with van der Waals surface area (Å²) in [6.45, 7) is -0.743. The van der Waals surface area contributed by atoms with Crippen LogP contribution >= 0.6 is 11.6 Å². The van der Waals surface area contributed by atoms with E-state index in [1.807, 2.05) is 30.3 Å². The van der Waals surface area contributed by atoms with Crippen LogP contribution in [0.4, 0.5) is 17.6 Å². The van der Waals surface area contributed by atoms with Crippen molar-refractivity contribution in [1.82, 2.24) is 9.13 Å². The largest absolute Gasteiger partial charge is 0.416 e. The van der Waals surface area contributed by atoms with Crippen molar-refractivity contribution in [3.63, 3.8) is 0 Å². The van der Waals surface area contributed by atoms with Gasteiger partial charge in [0.2, 0.25) is 0 Å². The number of rotatable bonds is 6. The first kappa shape index (κ1) is 24.5. The summed E-state index contributed by atoms with van der Waals surface area (Å²) in [5.74, 6) is -1.10. The third-order valence-corrected chi connectivity index (χ3v) is 5.95. The third-order valence-electron chi connectivity index (χ3n) is 5.62. The lowest BCUT2D eigenvalue weighted by atomic mass is 10.1. The van der Waals surface area contributed by atoms with Gasteiger partial charge in [0.1, 0.15) is 5.82 Å². The molecule has 0 fully saturated rings. The number of alkyl halides is 3. The summed E-state index contributed by atoms with van der Waals surface area (Å²) in [5, 5.41) is 0.228. The average Bonchev–Trinajstić information content (AvgIpc) is 2.82. The van der Waals surface area contributed by atoms with E-state index in [0.717, 1.165) is 39.1 Å². The monoisotopic (exact) mass is 502 g/mol. The lowest BCUT2D eigenvalue weighted by Gasteiger charge is -2.17. The van der Waals surface area contributed by atoms with Gasteiger partial charge in [0.05, 0.1) is 17.7 Å². The van der Waals surface area contributed by atoms with Gasteiger partial charge in [-0.2, -0.15) is 13.2 Å². The molecule has 4 aromatic rings. The molecule has 4 nitrogen and oxygen atoms in total. The first-order valence-electron chi connectivity index (χ1n) is 10.6. The Morgan fingerprint density at radius 3 is 2.20 bits per heavy atom. The van der Waals surface area contributed by atoms with Crippen LogP contribution in [0.25, 0.3) is 11.1 Å². The van der Waals surface area contributed by atoms with E-state index in [2.05, 4.69) is 0 Å². The normalized spacial score (nSPS) is 11.6. The molecule has 1 aromatic heterocycles. The maximum Gasteiger partial charge on any atom is 0.416 e. The third kappa shape index (κ3) is 5.22. The van der Waals surface area contributed by atoms with E-state index in [9.17, 15) is 27.2 Å². The second kappa shape index (κ2) is 9.92. The van der Waals surface area contributed by atoms with Crippen LogP contribution in [-0.2, 0) is 25.7 Å². The van der Waals surface area contributed by atoms with Crippen molar-refractivity contribution >= 4 is 11.6 Å². The highest BCUT2D eigenvalue weighted by atomic mass is 35.5. The van der Waals surface area contributed by atoms with Gasteiger partial charge in [0, 0.05) is 28.9 Å². The topological polar surface area (TPSA) is 44.0 Å². The van der Waals surface area contributed by atoms with Crippen molar-refractivity contribution in [2.45, 2.75) is 25.7 Å². The van der Waals surface area contributed by atoms with Gasteiger partial charge in [-0.3, -0.25) is 13.9 Å². The van der Waals surface area contributed by atoms with E-state index < -0.39 is 40.9 Å². The Morgan fingerprint density at radius 2 is 1.51 bits per heavy atom. The Balaban J connectivity index is 1.88. The van der Waals surface area contributed by atoms with Crippen LogP contribution in [-0.4, -0.2) is 9.13 Å². The summed E-state index contributed by atoms with van der Waals surface area (Å²) in [6.07, 6.45) is -3.36. The number of benzene rings is 3. The molecule has 3 aromatic carbocycles. The maximum atomic E-state index is 14.5. The minimum absolute atomic E-state index is 0.0214. The Labute approximate surface area is 202 Å². The summed E-state index contributed by atoms with van der Waals surface area (Å²) in [6, 6.07) is 18.1. The standard InChI is InChI=1S/C26H19ClF4N2O2/c27-22-11-5-4-9-18(22)19-15-32(16-20-21(26(29,30)31)10-6-12-23(20)28)25(35)33(24(19)34)14-13-17-7-2-1-3-8-17/h1-12,15H,13-14,16H2. The predicted octanol–water partition coefficient (Wildman–Crippen LogP) is 5.78. The van der Waals surface area contributed by atoms with Gasteiger partial charge in [-0.1, -0.05) is 66.2 Å². The average molecular weight is 503 g/mol. The molecule has 0 atom stereocenters. The van der Waals surface area contributed by atoms with E-state index >= 15 is 0 Å². The van der Waals surface area contributed by atoms with Crippen molar-refractivity contribution < 1.29 is 17.6 Å². The Morgan fingerprint density at radius 1 is 0.829 bits per heavy atom. The summed E-state index contributed by atoms with van der Waals surface area (Å²) >= 11 is 6.27. The highest BCUT2D eigenvalue weighted by Gasteiger charge is 2.34. The summed E-state index contributed by atoms with van der Waals surface area (Å²) in [4.78, 5) is 26.5. The molecule has 0 N–H and O–H groups in total. The van der Waals surface area contributed by atoms with Crippen LogP contribution in [0.2, 0.25) is 5.02 Å². The highest BCUT2D eigenvalue weighted by Crippen LogP contribution is 2.33. The zero-order valence-electron chi connectivity index (χ0n) is 18.2. The van der Waals surface area contributed by atoms with Crippen molar-refractivity contribution in [3.05, 3.63) is 127 Å². The van der Waals surface area contributed by atoms with Crippen molar-refractivity contribution in [3.8, 4) is 11.1 Å². The van der Waals surface area contributed by atoms with Gasteiger partial charge < -0.3 is 0 Å². The molecule has 35 heavy (non-hydrogen) atoms. The minimum atomic E-state index is -4.83. The lowest BCUT2D eigenvalue weighted by Crippen LogP contribution is -2.41. The van der Waals surface area contributed by atoms with Crippen LogP contribution in [0, 0.1) is 5.82 Å². The van der Waals surface area contributed by atoms with Gasteiger partial charge in [0.15, 0.2) is 0 Å². The Bertz CT molecular complexity index is 1480. The zero-order chi connectivity index (χ0) is 25.2. The molecule has 0 radical (unpaired) electrons. The Hall–Kier alpha value is -3.65. The summed E-state index contributed by atoms with van der Waals surface area (Å²) in [7, 11) is 0. The number of hydrogen-bond acceptors (Lipinski definition) is 2. The van der Waals surface area contributed by atoms with Crippen LogP contribution in [0.5, 0.6) is 0 Å². The van der Waals surface area contributed by atoms with E-state index in [1.54, 1.807) is 24.3 Å². The molecule has 0 saturated heterocycles. The fourth-order valence-electron chi connectivity index (χ4n) is 3.87. The number of aryl methyl sites for hydroxylation is 1. The lowest BCUT2D eigenvalue weighted by molar-refractivity contribution is -0.138. The molecular weight excluding hydrogens is 484 g/mol. The molecule has 0 aliphatic rings. The molecule has 0 spiro atoms. The van der Waals surface area contributed by atoms with E-state index in [-0.39, 0.29) is 17.1 Å². The first-order valence-corrected chi connectivity index (χ1v) is 11.0. The molecule has 0 unspecified atom stereocenters. The van der Waals surface area contributed by atoms with Crippen LogP contribution in [0.3, 0.4) is 0 Å². The molecule has 0 amide bonds. The molecule has 0 bridgehead atoms. The van der Waals surface area contributed by atoms with Crippen molar-refractivity contribution in [2.75, 3.05) is 0 Å². The molecule has 1 heterocycles. The molecule has 0 aliphatic carbocycles. The number of nitrogens with zero attached hydrogens (tertiary/aromatic N) is 2. The molecule has 0 saturated carbocycles. The molecule has 0 aliphatic heterocycles. The van der Waals surface area contributed by atoms with Crippen LogP contribution in [0.15, 0.2) is 88.6 Å². The van der Waals surface area contributed by atoms with Gasteiger partial charge in [0.25, 0.3) is 5.56 Å². The number of aromatic nitrogens is 2. The zero-order valence-corrected chi connectivity index (χ0v) is 19.0. The quantitative estimate of drug-likeness (QED) is 0.314. The molecule has 180 valence electrons. The van der Waals surface area contributed by atoms with Gasteiger partial charge in [-0.25, -0.2) is 9.18 Å². The van der Waals surface area contributed by atoms with Crippen molar-refractivity contribution in [1.29, 1.82) is 0 Å².